The summed E-state index contributed by atoms with van der Waals surface area (Å²) in [6, 6.07) is 8.24. The van der Waals surface area contributed by atoms with Gasteiger partial charge < -0.3 is 10.6 Å². The van der Waals surface area contributed by atoms with E-state index in [0.29, 0.717) is 12.1 Å². The fourth-order valence-corrected chi connectivity index (χ4v) is 3.54. The minimum absolute atomic E-state index is 0.0446. The van der Waals surface area contributed by atoms with Crippen molar-refractivity contribution in [2.75, 3.05) is 6.54 Å². The van der Waals surface area contributed by atoms with Crippen LogP contribution in [0, 0.1) is 6.92 Å². The Kier molecular flexibility index (Phi) is 4.55. The Bertz CT molecular complexity index is 727. The third kappa shape index (κ3) is 3.19. The van der Waals surface area contributed by atoms with Crippen LogP contribution in [0.25, 0.3) is 5.69 Å². The van der Waals surface area contributed by atoms with Crippen molar-refractivity contribution in [2.24, 2.45) is 5.73 Å². The second kappa shape index (κ2) is 6.45. The molecule has 0 bridgehead atoms. The number of hydrogen-bond donors (Lipinski definition) is 1. The summed E-state index contributed by atoms with van der Waals surface area (Å²) < 4.78 is 2.79. The van der Waals surface area contributed by atoms with E-state index in [-0.39, 0.29) is 18.0 Å². The number of amides is 1. The van der Waals surface area contributed by atoms with Crippen molar-refractivity contribution >= 4 is 21.8 Å². The van der Waals surface area contributed by atoms with Crippen molar-refractivity contribution in [3.8, 4) is 5.69 Å². The first-order valence-electron chi connectivity index (χ1n) is 7.84. The Morgan fingerprint density at radius 3 is 2.91 bits per heavy atom. The molecule has 1 aliphatic rings. The molecule has 1 saturated heterocycles. The van der Waals surface area contributed by atoms with E-state index in [2.05, 4.69) is 28.0 Å². The normalized spacial score (nSPS) is 21.5. The van der Waals surface area contributed by atoms with E-state index >= 15 is 0 Å². The Morgan fingerprint density at radius 2 is 2.22 bits per heavy atom. The second-order valence-corrected chi connectivity index (χ2v) is 7.08. The van der Waals surface area contributed by atoms with Crippen molar-refractivity contribution in [1.29, 1.82) is 0 Å². The molecule has 1 aromatic heterocycles. The fraction of sp³-hybridized carbons (Fsp3) is 0.412. The van der Waals surface area contributed by atoms with Gasteiger partial charge in [0.1, 0.15) is 0 Å². The Hall–Kier alpha value is -1.66. The average molecular weight is 377 g/mol. The summed E-state index contributed by atoms with van der Waals surface area (Å²) in [6.07, 6.45) is 3.37. The highest BCUT2D eigenvalue weighted by atomic mass is 79.9. The van der Waals surface area contributed by atoms with Crippen LogP contribution in [0.2, 0.25) is 0 Å². The zero-order chi connectivity index (χ0) is 16.6. The van der Waals surface area contributed by atoms with Crippen molar-refractivity contribution < 1.29 is 4.79 Å². The highest BCUT2D eigenvalue weighted by Gasteiger charge is 2.29. The van der Waals surface area contributed by atoms with Crippen LogP contribution in [0.1, 0.15) is 35.8 Å². The maximum absolute atomic E-state index is 12.9. The Labute approximate surface area is 144 Å². The van der Waals surface area contributed by atoms with E-state index in [9.17, 15) is 4.79 Å². The van der Waals surface area contributed by atoms with E-state index in [0.717, 1.165) is 28.7 Å². The van der Waals surface area contributed by atoms with Crippen molar-refractivity contribution in [3.63, 3.8) is 0 Å². The van der Waals surface area contributed by atoms with Crippen LogP contribution >= 0.6 is 15.9 Å². The summed E-state index contributed by atoms with van der Waals surface area (Å²) >= 11 is 3.47. The number of nitrogens with two attached hydrogens (primary N) is 1. The molecule has 2 atom stereocenters. The maximum Gasteiger partial charge on any atom is 0.257 e. The molecular formula is C17H21BrN4O. The van der Waals surface area contributed by atoms with Crippen LogP contribution in [-0.4, -0.2) is 39.2 Å². The number of rotatable bonds is 2. The Balaban J connectivity index is 1.88. The number of nitrogens with zero attached hydrogens (tertiary/aromatic N) is 3. The number of halogens is 1. The zero-order valence-corrected chi connectivity index (χ0v) is 15.0. The van der Waals surface area contributed by atoms with Gasteiger partial charge in [0.2, 0.25) is 0 Å². The standard InChI is InChI=1S/C17H21BrN4O/c1-11-8-14(19)6-7-21(11)17(23)16-10-20-22(12(16)2)15-5-3-4-13(18)9-15/h3-5,9-11,14H,6-8,19H2,1-2H3/t11-,14-/m0/s1. The van der Waals surface area contributed by atoms with E-state index < -0.39 is 0 Å². The van der Waals surface area contributed by atoms with Gasteiger partial charge in [-0.3, -0.25) is 4.79 Å². The van der Waals surface area contributed by atoms with Gasteiger partial charge >= 0.3 is 0 Å². The molecule has 2 N–H and O–H groups in total. The van der Waals surface area contributed by atoms with E-state index in [1.807, 2.05) is 36.1 Å². The smallest absolute Gasteiger partial charge is 0.257 e. The number of hydrogen-bond acceptors (Lipinski definition) is 3. The molecule has 0 saturated carbocycles. The molecule has 0 aliphatic carbocycles. The molecule has 2 aromatic rings. The predicted molar refractivity (Wildman–Crippen MR) is 93.7 cm³/mol. The molecule has 3 rings (SSSR count). The lowest BCUT2D eigenvalue weighted by Crippen LogP contribution is -2.48. The average Bonchev–Trinajstić information content (AvgIpc) is 2.88. The molecule has 0 unspecified atom stereocenters. The molecule has 0 radical (unpaired) electrons. The van der Waals surface area contributed by atoms with Crippen LogP contribution in [0.5, 0.6) is 0 Å². The fourth-order valence-electron chi connectivity index (χ4n) is 3.15. The third-order valence-electron chi connectivity index (χ3n) is 4.47. The summed E-state index contributed by atoms with van der Waals surface area (Å²) in [4.78, 5) is 14.8. The van der Waals surface area contributed by atoms with Crippen molar-refractivity contribution in [2.45, 2.75) is 38.8 Å². The van der Waals surface area contributed by atoms with Crippen LogP contribution in [0.15, 0.2) is 34.9 Å². The summed E-state index contributed by atoms with van der Waals surface area (Å²) in [5.74, 6) is 0.0446. The zero-order valence-electron chi connectivity index (χ0n) is 13.4. The Morgan fingerprint density at radius 1 is 1.43 bits per heavy atom. The van der Waals surface area contributed by atoms with Gasteiger partial charge in [-0.2, -0.15) is 5.10 Å². The molecule has 1 amide bonds. The van der Waals surface area contributed by atoms with Crippen LogP contribution in [0.4, 0.5) is 0 Å². The lowest BCUT2D eigenvalue weighted by Gasteiger charge is -2.36. The minimum Gasteiger partial charge on any atom is -0.336 e. The SMILES string of the molecule is Cc1c(C(=O)N2CC[C@H](N)C[C@@H]2C)cnn1-c1cccc(Br)c1. The largest absolute Gasteiger partial charge is 0.336 e. The number of likely N-dealkylation sites (tertiary alicyclic amines) is 1. The molecular weight excluding hydrogens is 356 g/mol. The molecule has 122 valence electrons. The number of carbonyl (C=O) groups is 1. The second-order valence-electron chi connectivity index (χ2n) is 6.17. The third-order valence-corrected chi connectivity index (χ3v) is 4.96. The summed E-state index contributed by atoms with van der Waals surface area (Å²) in [5.41, 5.74) is 8.44. The van der Waals surface area contributed by atoms with Gasteiger partial charge in [0.15, 0.2) is 0 Å². The topological polar surface area (TPSA) is 64.2 Å². The maximum atomic E-state index is 12.9. The minimum atomic E-state index is 0.0446. The first-order chi connectivity index (χ1) is 11.0. The number of carbonyl (C=O) groups excluding carboxylic acids is 1. The monoisotopic (exact) mass is 376 g/mol. The van der Waals surface area contributed by atoms with Gasteiger partial charge in [0, 0.05) is 23.1 Å². The van der Waals surface area contributed by atoms with Gasteiger partial charge in [-0.25, -0.2) is 4.68 Å². The highest BCUT2D eigenvalue weighted by molar-refractivity contribution is 9.10. The van der Waals surface area contributed by atoms with Crippen molar-refractivity contribution in [3.05, 3.63) is 46.2 Å². The van der Waals surface area contributed by atoms with E-state index in [4.69, 9.17) is 5.73 Å². The van der Waals surface area contributed by atoms with Crippen molar-refractivity contribution in [1.82, 2.24) is 14.7 Å². The molecule has 1 aromatic carbocycles. The first kappa shape index (κ1) is 16.2. The highest BCUT2D eigenvalue weighted by Crippen LogP contribution is 2.22. The lowest BCUT2D eigenvalue weighted by atomic mass is 9.98. The van der Waals surface area contributed by atoms with Crippen LogP contribution < -0.4 is 5.73 Å². The first-order valence-corrected chi connectivity index (χ1v) is 8.64. The van der Waals surface area contributed by atoms with Gasteiger partial charge in [-0.15, -0.1) is 0 Å². The molecule has 23 heavy (non-hydrogen) atoms. The van der Waals surface area contributed by atoms with Crippen LogP contribution in [0.3, 0.4) is 0 Å². The van der Waals surface area contributed by atoms with Gasteiger partial charge in [0.05, 0.1) is 23.1 Å². The molecule has 1 fully saturated rings. The van der Waals surface area contributed by atoms with Crippen LogP contribution in [-0.2, 0) is 0 Å². The van der Waals surface area contributed by atoms with E-state index in [1.54, 1.807) is 10.9 Å². The van der Waals surface area contributed by atoms with E-state index in [1.165, 1.54) is 0 Å². The summed E-state index contributed by atoms with van der Waals surface area (Å²) in [5, 5.41) is 4.41. The predicted octanol–water partition coefficient (Wildman–Crippen LogP) is 2.90. The summed E-state index contributed by atoms with van der Waals surface area (Å²) in [6.45, 7) is 4.70. The molecule has 1 aliphatic heterocycles. The molecule has 0 spiro atoms. The number of aromatic nitrogens is 2. The quantitative estimate of drug-likeness (QED) is 0.876. The van der Waals surface area contributed by atoms with Gasteiger partial charge in [-0.1, -0.05) is 22.0 Å². The van der Waals surface area contributed by atoms with Gasteiger partial charge in [-0.05, 0) is 44.9 Å². The number of benzene rings is 1. The summed E-state index contributed by atoms with van der Waals surface area (Å²) in [7, 11) is 0. The molecule has 5 nitrogen and oxygen atoms in total. The number of piperidine rings is 1. The molecule has 6 heteroatoms. The van der Waals surface area contributed by atoms with Gasteiger partial charge in [0.25, 0.3) is 5.91 Å². The lowest BCUT2D eigenvalue weighted by molar-refractivity contribution is 0.0618. The molecule has 2 heterocycles.